The molecule has 4 N–H and O–H groups in total. The number of halogens is 1. The van der Waals surface area contributed by atoms with Crippen molar-refractivity contribution in [2.45, 2.75) is 19.4 Å². The van der Waals surface area contributed by atoms with Crippen LogP contribution in [0.4, 0.5) is 10.5 Å². The van der Waals surface area contributed by atoms with Gasteiger partial charge in [-0.05, 0) is 24.6 Å². The monoisotopic (exact) mass is 330 g/mol. The average molecular weight is 331 g/mol. The van der Waals surface area contributed by atoms with E-state index in [1.165, 1.54) is 0 Å². The highest BCUT2D eigenvalue weighted by atomic mass is 79.9. The number of hydrogen-bond donors (Lipinski definition) is 4. The first-order valence-electron chi connectivity index (χ1n) is 5.62. The van der Waals surface area contributed by atoms with Crippen LogP contribution in [-0.4, -0.2) is 34.9 Å². The number of carboxylic acids is 1. The lowest BCUT2D eigenvalue weighted by atomic mass is 10.2. The van der Waals surface area contributed by atoms with Crippen molar-refractivity contribution in [3.05, 3.63) is 28.2 Å². The van der Waals surface area contributed by atoms with Gasteiger partial charge in [0.15, 0.2) is 6.10 Å². The number of carboxylic acid groups (broad SMARTS) is 1. The van der Waals surface area contributed by atoms with Crippen LogP contribution < -0.4 is 10.6 Å². The number of anilines is 1. The largest absolute Gasteiger partial charge is 0.479 e. The Morgan fingerprint density at radius 3 is 2.74 bits per heavy atom. The summed E-state index contributed by atoms with van der Waals surface area (Å²) in [5.74, 6) is -1.30. The molecule has 0 aromatic heterocycles. The van der Waals surface area contributed by atoms with Crippen LogP contribution in [0.25, 0.3) is 0 Å². The van der Waals surface area contributed by atoms with Gasteiger partial charge in [0.1, 0.15) is 0 Å². The molecular formula is C12H15BrN2O4. The number of amides is 2. The van der Waals surface area contributed by atoms with Gasteiger partial charge in [-0.2, -0.15) is 0 Å². The highest BCUT2D eigenvalue weighted by Gasteiger charge is 2.13. The van der Waals surface area contributed by atoms with Gasteiger partial charge >= 0.3 is 12.0 Å². The first kappa shape index (κ1) is 15.5. The van der Waals surface area contributed by atoms with Crippen LogP contribution in [-0.2, 0) is 4.79 Å². The molecule has 19 heavy (non-hydrogen) atoms. The fraction of sp³-hybridized carbons (Fsp3) is 0.333. The first-order valence-corrected chi connectivity index (χ1v) is 6.41. The van der Waals surface area contributed by atoms with E-state index < -0.39 is 18.1 Å². The molecule has 0 aliphatic heterocycles. The van der Waals surface area contributed by atoms with Crippen molar-refractivity contribution in [3.63, 3.8) is 0 Å². The summed E-state index contributed by atoms with van der Waals surface area (Å²) in [7, 11) is 0. The Balaban J connectivity index is 2.43. The second-order valence-corrected chi connectivity index (χ2v) is 4.90. The zero-order valence-electron chi connectivity index (χ0n) is 10.3. The van der Waals surface area contributed by atoms with Crippen LogP contribution in [0.5, 0.6) is 0 Å². The van der Waals surface area contributed by atoms with Crippen molar-refractivity contribution in [2.75, 3.05) is 11.9 Å². The number of aliphatic hydroxyl groups is 1. The molecule has 104 valence electrons. The van der Waals surface area contributed by atoms with Gasteiger partial charge in [-0.15, -0.1) is 0 Å². The molecule has 1 atom stereocenters. The number of nitrogens with one attached hydrogen (secondary N) is 2. The Morgan fingerprint density at radius 2 is 2.11 bits per heavy atom. The van der Waals surface area contributed by atoms with E-state index in [1.54, 1.807) is 6.07 Å². The average Bonchev–Trinajstić information content (AvgIpc) is 2.33. The van der Waals surface area contributed by atoms with Crippen LogP contribution in [0.15, 0.2) is 22.7 Å². The lowest BCUT2D eigenvalue weighted by molar-refractivity contribution is -0.146. The Bertz CT molecular complexity index is 479. The summed E-state index contributed by atoms with van der Waals surface area (Å²) in [6.45, 7) is 1.93. The lowest BCUT2D eigenvalue weighted by Crippen LogP contribution is -2.33. The molecule has 0 spiro atoms. The van der Waals surface area contributed by atoms with Gasteiger partial charge in [0.25, 0.3) is 0 Å². The molecule has 0 aliphatic carbocycles. The number of benzene rings is 1. The molecule has 0 bridgehead atoms. The van der Waals surface area contributed by atoms with Crippen molar-refractivity contribution in [3.8, 4) is 0 Å². The van der Waals surface area contributed by atoms with E-state index in [0.717, 1.165) is 10.0 Å². The molecule has 6 nitrogen and oxygen atoms in total. The van der Waals surface area contributed by atoms with Crippen LogP contribution >= 0.6 is 15.9 Å². The highest BCUT2D eigenvalue weighted by Crippen LogP contribution is 2.20. The summed E-state index contributed by atoms with van der Waals surface area (Å²) in [5.41, 5.74) is 1.56. The number of aryl methyl sites for hydroxylation is 1. The maximum absolute atomic E-state index is 11.6. The van der Waals surface area contributed by atoms with Crippen molar-refractivity contribution in [1.82, 2.24) is 5.32 Å². The van der Waals surface area contributed by atoms with Crippen LogP contribution in [0.2, 0.25) is 0 Å². The summed E-state index contributed by atoms with van der Waals surface area (Å²) in [6, 6.07) is 5.04. The summed E-state index contributed by atoms with van der Waals surface area (Å²) >= 11 is 3.30. The van der Waals surface area contributed by atoms with Crippen molar-refractivity contribution in [2.24, 2.45) is 0 Å². The molecule has 0 aliphatic rings. The van der Waals surface area contributed by atoms with E-state index in [2.05, 4.69) is 26.6 Å². The quantitative estimate of drug-likeness (QED) is 0.660. The minimum Gasteiger partial charge on any atom is -0.479 e. The molecular weight excluding hydrogens is 316 g/mol. The number of rotatable bonds is 5. The second kappa shape index (κ2) is 7.10. The van der Waals surface area contributed by atoms with Gasteiger partial charge in [-0.25, -0.2) is 9.59 Å². The minimum absolute atomic E-state index is 0.0414. The number of urea groups is 1. The van der Waals surface area contributed by atoms with Crippen LogP contribution in [0.1, 0.15) is 12.0 Å². The van der Waals surface area contributed by atoms with E-state index in [0.29, 0.717) is 5.69 Å². The maximum atomic E-state index is 11.6. The molecule has 0 radical (unpaired) electrons. The smallest absolute Gasteiger partial charge is 0.332 e. The zero-order chi connectivity index (χ0) is 14.4. The van der Waals surface area contributed by atoms with Gasteiger partial charge in [-0.3, -0.25) is 0 Å². The van der Waals surface area contributed by atoms with E-state index >= 15 is 0 Å². The fourth-order valence-electron chi connectivity index (χ4n) is 1.34. The number of carbonyl (C=O) groups is 2. The minimum atomic E-state index is -1.46. The molecule has 0 heterocycles. The van der Waals surface area contributed by atoms with Crippen molar-refractivity contribution >= 4 is 33.6 Å². The number of aliphatic hydroxyl groups excluding tert-OH is 1. The van der Waals surface area contributed by atoms with E-state index in [9.17, 15) is 9.59 Å². The van der Waals surface area contributed by atoms with E-state index in [1.807, 2.05) is 19.1 Å². The summed E-state index contributed by atoms with van der Waals surface area (Å²) in [4.78, 5) is 21.9. The summed E-state index contributed by atoms with van der Waals surface area (Å²) in [6.07, 6.45) is -1.51. The Morgan fingerprint density at radius 1 is 1.42 bits per heavy atom. The van der Waals surface area contributed by atoms with Gasteiger partial charge in [0, 0.05) is 23.1 Å². The standard InChI is InChI=1S/C12H15BrN2O4/c1-7-2-3-8(13)6-9(7)15-12(19)14-5-4-10(16)11(17)18/h2-3,6,10,16H,4-5H2,1H3,(H,17,18)(H2,14,15,19). The maximum Gasteiger partial charge on any atom is 0.332 e. The Kier molecular flexibility index (Phi) is 5.78. The lowest BCUT2D eigenvalue weighted by Gasteiger charge is -2.11. The Hall–Kier alpha value is -1.60. The number of aliphatic carboxylic acids is 1. The predicted molar refractivity (Wildman–Crippen MR) is 74.2 cm³/mol. The third-order valence-electron chi connectivity index (χ3n) is 2.44. The Labute approximate surface area is 118 Å². The third-order valence-corrected chi connectivity index (χ3v) is 2.93. The molecule has 0 fully saturated rings. The van der Waals surface area contributed by atoms with Gasteiger partial charge in [-0.1, -0.05) is 22.0 Å². The van der Waals surface area contributed by atoms with Crippen LogP contribution in [0, 0.1) is 6.92 Å². The van der Waals surface area contributed by atoms with Crippen molar-refractivity contribution < 1.29 is 19.8 Å². The number of carbonyl (C=O) groups excluding carboxylic acids is 1. The molecule has 1 aromatic carbocycles. The molecule has 2 amide bonds. The van der Waals surface area contributed by atoms with E-state index in [4.69, 9.17) is 10.2 Å². The van der Waals surface area contributed by atoms with Crippen molar-refractivity contribution in [1.29, 1.82) is 0 Å². The van der Waals surface area contributed by atoms with Gasteiger partial charge < -0.3 is 20.8 Å². The van der Waals surface area contributed by atoms with Gasteiger partial charge in [0.2, 0.25) is 0 Å². The number of hydrogen-bond acceptors (Lipinski definition) is 3. The first-order chi connectivity index (χ1) is 8.90. The molecule has 0 saturated heterocycles. The molecule has 1 unspecified atom stereocenters. The van der Waals surface area contributed by atoms with Crippen LogP contribution in [0.3, 0.4) is 0 Å². The molecule has 0 saturated carbocycles. The third kappa shape index (κ3) is 5.27. The zero-order valence-corrected chi connectivity index (χ0v) is 11.9. The topological polar surface area (TPSA) is 98.7 Å². The molecule has 1 rings (SSSR count). The molecule has 1 aromatic rings. The fourth-order valence-corrected chi connectivity index (χ4v) is 1.70. The van der Waals surface area contributed by atoms with E-state index in [-0.39, 0.29) is 13.0 Å². The SMILES string of the molecule is Cc1ccc(Br)cc1NC(=O)NCCC(O)C(=O)O. The normalized spacial score (nSPS) is 11.7. The highest BCUT2D eigenvalue weighted by molar-refractivity contribution is 9.10. The second-order valence-electron chi connectivity index (χ2n) is 3.98. The summed E-state index contributed by atoms with van der Waals surface area (Å²) < 4.78 is 0.842. The van der Waals surface area contributed by atoms with Gasteiger partial charge in [0.05, 0.1) is 0 Å². The predicted octanol–water partition coefficient (Wildman–Crippen LogP) is 1.71. The summed E-state index contributed by atoms with van der Waals surface area (Å²) in [5, 5.41) is 22.6. The molecule has 7 heteroatoms.